The van der Waals surface area contributed by atoms with Crippen LogP contribution >= 0.6 is 0 Å². The molecule has 5 aromatic rings. The number of aromatic nitrogens is 3. The van der Waals surface area contributed by atoms with Crippen LogP contribution in [0, 0.1) is 11.6 Å². The number of amides is 1. The number of nitrogens with one attached hydrogen (secondary N) is 2. The zero-order valence-electron chi connectivity index (χ0n) is 24.4. The van der Waals surface area contributed by atoms with E-state index in [-0.39, 0.29) is 46.4 Å². The largest absolute Gasteiger partial charge is 0.497 e. The second-order valence-electron chi connectivity index (χ2n) is 10.7. The topological polar surface area (TPSA) is 111 Å². The summed E-state index contributed by atoms with van der Waals surface area (Å²) in [6, 6.07) is 16.3. The molecule has 6 rings (SSSR count). The maximum atomic E-state index is 14.9. The molecule has 0 bridgehead atoms. The Balaban J connectivity index is 1.44. The van der Waals surface area contributed by atoms with Crippen LogP contribution in [0.4, 0.5) is 20.3 Å². The molecule has 226 valence electrons. The first-order chi connectivity index (χ1) is 21.3. The van der Waals surface area contributed by atoms with Gasteiger partial charge in [-0.3, -0.25) is 4.79 Å². The van der Waals surface area contributed by atoms with Crippen LogP contribution in [-0.2, 0) is 16.8 Å². The Morgan fingerprint density at radius 1 is 1.05 bits per heavy atom. The van der Waals surface area contributed by atoms with Gasteiger partial charge in [0, 0.05) is 30.1 Å². The number of nitrogens with zero attached hydrogens (tertiary/aromatic N) is 3. The molecule has 3 heterocycles. The lowest BCUT2D eigenvalue weighted by molar-refractivity contribution is -0.124. The number of aromatic hydroxyl groups is 1. The molecule has 1 fully saturated rings. The molecular formula is C33H31F2N5O4. The summed E-state index contributed by atoms with van der Waals surface area (Å²) in [4.78, 5) is 21.6. The predicted molar refractivity (Wildman–Crippen MR) is 163 cm³/mol. The molecule has 1 amide bonds. The highest BCUT2D eigenvalue weighted by molar-refractivity contribution is 5.97. The third-order valence-corrected chi connectivity index (χ3v) is 8.31. The molecule has 0 aliphatic carbocycles. The van der Waals surface area contributed by atoms with E-state index >= 15 is 0 Å². The minimum Gasteiger partial charge on any atom is -0.497 e. The van der Waals surface area contributed by atoms with Crippen molar-refractivity contribution in [3.05, 3.63) is 89.6 Å². The Hall–Kier alpha value is -5.19. The van der Waals surface area contributed by atoms with Crippen molar-refractivity contribution < 1.29 is 28.2 Å². The highest BCUT2D eigenvalue weighted by Gasteiger charge is 2.42. The Bertz CT molecular complexity index is 1850. The second-order valence-corrected chi connectivity index (χ2v) is 10.7. The minimum absolute atomic E-state index is 0.00882. The molecule has 3 N–H and O–H groups in total. The Morgan fingerprint density at radius 3 is 2.43 bits per heavy atom. The number of rotatable bonds is 9. The van der Waals surface area contributed by atoms with Crippen LogP contribution in [0.2, 0.25) is 0 Å². The number of hydrogen-bond acceptors (Lipinski definition) is 7. The van der Waals surface area contributed by atoms with Gasteiger partial charge < -0.3 is 29.8 Å². The van der Waals surface area contributed by atoms with Gasteiger partial charge in [-0.1, -0.05) is 25.1 Å². The zero-order valence-corrected chi connectivity index (χ0v) is 24.4. The fraction of sp³-hybridized carbons (Fsp3) is 0.242. The van der Waals surface area contributed by atoms with Crippen molar-refractivity contribution in [1.29, 1.82) is 0 Å². The maximum Gasteiger partial charge on any atom is 0.230 e. The molecule has 1 aliphatic rings. The highest BCUT2D eigenvalue weighted by Crippen LogP contribution is 2.39. The zero-order chi connectivity index (χ0) is 31.0. The number of halogens is 2. The van der Waals surface area contributed by atoms with Crippen LogP contribution in [0.1, 0.15) is 30.9 Å². The first kappa shape index (κ1) is 28.9. The van der Waals surface area contributed by atoms with Crippen molar-refractivity contribution in [2.24, 2.45) is 0 Å². The van der Waals surface area contributed by atoms with Gasteiger partial charge in [-0.15, -0.1) is 0 Å². The molecule has 44 heavy (non-hydrogen) atoms. The number of ether oxygens (including phenoxy) is 2. The molecule has 2 aromatic heterocycles. The van der Waals surface area contributed by atoms with Gasteiger partial charge in [0.2, 0.25) is 11.8 Å². The fourth-order valence-electron chi connectivity index (χ4n) is 5.84. The summed E-state index contributed by atoms with van der Waals surface area (Å²) in [5.41, 5.74) is 1.55. The molecule has 1 unspecified atom stereocenters. The maximum absolute atomic E-state index is 14.9. The lowest BCUT2D eigenvalue weighted by atomic mass is 9.77. The normalized spacial score (nSPS) is 16.2. The average molecular weight is 600 g/mol. The Morgan fingerprint density at radius 2 is 1.80 bits per heavy atom. The molecule has 9 nitrogen and oxygen atoms in total. The number of carbonyl (C=O) groups excluding carboxylic acids is 1. The summed E-state index contributed by atoms with van der Waals surface area (Å²) in [5, 5.41) is 17.8. The van der Waals surface area contributed by atoms with E-state index in [0.29, 0.717) is 36.6 Å². The molecule has 11 heteroatoms. The number of carbonyl (C=O) groups is 1. The molecule has 1 atom stereocenters. The van der Waals surface area contributed by atoms with E-state index in [1.54, 1.807) is 37.1 Å². The number of hydrogen-bond donors (Lipinski definition) is 3. The lowest BCUT2D eigenvalue weighted by Gasteiger charge is -2.25. The Kier molecular flexibility index (Phi) is 7.54. The summed E-state index contributed by atoms with van der Waals surface area (Å²) in [5.74, 6) is -0.621. The van der Waals surface area contributed by atoms with Crippen LogP contribution in [-0.4, -0.2) is 46.3 Å². The number of benzene rings is 3. The molecule has 0 spiro atoms. The van der Waals surface area contributed by atoms with Crippen molar-refractivity contribution in [2.75, 3.05) is 26.1 Å². The molecule has 0 radical (unpaired) electrons. The third kappa shape index (κ3) is 4.93. The summed E-state index contributed by atoms with van der Waals surface area (Å²) in [6.07, 6.45) is 2.96. The first-order valence-corrected chi connectivity index (χ1v) is 14.2. The molecule has 3 aromatic carbocycles. The van der Waals surface area contributed by atoms with Crippen LogP contribution in [0.5, 0.6) is 17.4 Å². The van der Waals surface area contributed by atoms with Gasteiger partial charge in [-0.25, -0.2) is 18.7 Å². The van der Waals surface area contributed by atoms with E-state index in [2.05, 4.69) is 20.6 Å². The van der Waals surface area contributed by atoms with Crippen molar-refractivity contribution in [3.8, 4) is 28.8 Å². The minimum atomic E-state index is -0.814. The van der Waals surface area contributed by atoms with Gasteiger partial charge in [0.05, 0.1) is 37.3 Å². The standard InChI is InChI=1S/C33H31F2N5O4/c1-4-33(14-15-36-32(33)42)20-9-11-21(12-10-20)37-30-28-25(38-29(39-30)27-23(34)6-5-7-24(27)35)18-40(31(28)41)17-19-8-13-22(43-2)16-26(19)44-3/h5-13,16,18,41H,4,14-15,17H2,1-3H3,(H,36,42)(H,37,38,39). The van der Waals surface area contributed by atoms with E-state index in [9.17, 15) is 18.7 Å². The van der Waals surface area contributed by atoms with Crippen LogP contribution in [0.15, 0.2) is 66.9 Å². The lowest BCUT2D eigenvalue weighted by Crippen LogP contribution is -2.34. The number of fused-ring (bicyclic) bond motifs is 1. The summed E-state index contributed by atoms with van der Waals surface area (Å²) in [7, 11) is 3.10. The van der Waals surface area contributed by atoms with Gasteiger partial charge in [0.15, 0.2) is 5.82 Å². The van der Waals surface area contributed by atoms with Gasteiger partial charge in [0.25, 0.3) is 0 Å². The number of methoxy groups -OCH3 is 2. The second kappa shape index (κ2) is 11.5. The summed E-state index contributed by atoms with van der Waals surface area (Å²) < 4.78 is 42.1. The molecule has 1 saturated heterocycles. The van der Waals surface area contributed by atoms with Crippen LogP contribution < -0.4 is 20.1 Å². The average Bonchev–Trinajstić information content (AvgIpc) is 3.56. The van der Waals surface area contributed by atoms with E-state index in [0.717, 1.165) is 23.3 Å². The first-order valence-electron chi connectivity index (χ1n) is 14.2. The van der Waals surface area contributed by atoms with Gasteiger partial charge in [-0.05, 0) is 54.8 Å². The monoisotopic (exact) mass is 599 g/mol. The predicted octanol–water partition coefficient (Wildman–Crippen LogP) is 6.06. The third-order valence-electron chi connectivity index (χ3n) is 8.31. The van der Waals surface area contributed by atoms with Crippen molar-refractivity contribution >= 4 is 28.3 Å². The fourth-order valence-corrected chi connectivity index (χ4v) is 5.84. The Labute approximate surface area is 252 Å². The molecule has 0 saturated carbocycles. The quantitative estimate of drug-likeness (QED) is 0.189. The summed E-state index contributed by atoms with van der Waals surface area (Å²) >= 11 is 0. The van der Waals surface area contributed by atoms with Crippen LogP contribution in [0.25, 0.3) is 22.3 Å². The van der Waals surface area contributed by atoms with E-state index in [1.165, 1.54) is 6.07 Å². The van der Waals surface area contributed by atoms with Gasteiger partial charge >= 0.3 is 0 Å². The molecular weight excluding hydrogens is 568 g/mol. The van der Waals surface area contributed by atoms with Gasteiger partial charge in [-0.2, -0.15) is 0 Å². The molecule has 1 aliphatic heterocycles. The van der Waals surface area contributed by atoms with E-state index in [1.807, 2.05) is 37.3 Å². The highest BCUT2D eigenvalue weighted by atomic mass is 19.1. The van der Waals surface area contributed by atoms with Crippen molar-refractivity contribution in [1.82, 2.24) is 19.9 Å². The van der Waals surface area contributed by atoms with Crippen molar-refractivity contribution in [2.45, 2.75) is 31.7 Å². The van der Waals surface area contributed by atoms with Gasteiger partial charge in [0.1, 0.15) is 34.3 Å². The summed E-state index contributed by atoms with van der Waals surface area (Å²) in [6.45, 7) is 2.82. The van der Waals surface area contributed by atoms with Crippen LogP contribution in [0.3, 0.4) is 0 Å². The van der Waals surface area contributed by atoms with Crippen molar-refractivity contribution in [3.63, 3.8) is 0 Å². The number of anilines is 2. The SMILES string of the molecule is CCC1(c2ccc(Nc3nc(-c4c(F)cccc4F)nc4cn(Cc5ccc(OC)cc5OC)c(O)c34)cc2)CCNC1=O. The smallest absolute Gasteiger partial charge is 0.230 e. The van der Waals surface area contributed by atoms with E-state index < -0.39 is 17.0 Å². The van der Waals surface area contributed by atoms with E-state index in [4.69, 9.17) is 9.47 Å².